The Morgan fingerprint density at radius 3 is 2.11 bits per heavy atom. The van der Waals surface area contributed by atoms with Gasteiger partial charge in [-0.3, -0.25) is 0 Å². The molecule has 0 aromatic carbocycles. The Morgan fingerprint density at radius 1 is 1.44 bits per heavy atom. The Balaban J connectivity index is 0.000000640. The number of hydrogen-bond acceptors (Lipinski definition) is 2. The molecule has 0 radical (unpaired) electrons. The van der Waals surface area contributed by atoms with Crippen molar-refractivity contribution in [3.05, 3.63) is 0 Å². The van der Waals surface area contributed by atoms with E-state index in [4.69, 9.17) is 10.8 Å². The minimum absolute atomic E-state index is 0. The van der Waals surface area contributed by atoms with Gasteiger partial charge in [-0.1, -0.05) is 6.92 Å². The number of aliphatic hydroxyl groups excluding tert-OH is 1. The number of aliphatic hydroxyl groups is 1. The third-order valence-electron chi connectivity index (χ3n) is 2.02. The quantitative estimate of drug-likeness (QED) is 0.531. The van der Waals surface area contributed by atoms with E-state index < -0.39 is 0 Å². The maximum atomic E-state index is 9.04. The van der Waals surface area contributed by atoms with Crippen LogP contribution in [-0.2, 0) is 0 Å². The predicted octanol–water partition coefficient (Wildman–Crippen LogP) is 0.526. The van der Waals surface area contributed by atoms with Crippen molar-refractivity contribution in [1.82, 2.24) is 0 Å². The van der Waals surface area contributed by atoms with Gasteiger partial charge in [-0.15, -0.1) is 12.4 Å². The van der Waals surface area contributed by atoms with Crippen molar-refractivity contribution in [2.75, 3.05) is 0 Å². The molecular weight excluding hydrogens is 138 g/mol. The van der Waals surface area contributed by atoms with Gasteiger partial charge in [-0.2, -0.15) is 0 Å². The Hall–Kier alpha value is 0.210. The third-order valence-corrected chi connectivity index (χ3v) is 2.02. The van der Waals surface area contributed by atoms with Gasteiger partial charge in [-0.05, 0) is 18.8 Å². The second kappa shape index (κ2) is 3.40. The maximum absolute atomic E-state index is 9.04. The molecule has 56 valence electrons. The van der Waals surface area contributed by atoms with Crippen LogP contribution in [0.4, 0.5) is 0 Å². The van der Waals surface area contributed by atoms with Gasteiger partial charge in [-0.25, -0.2) is 0 Å². The molecule has 0 aliphatic heterocycles. The van der Waals surface area contributed by atoms with E-state index in [1.807, 2.05) is 0 Å². The highest BCUT2D eigenvalue weighted by atomic mass is 35.5. The fraction of sp³-hybridized carbons (Fsp3) is 1.00. The number of hydrogen-bond donors (Lipinski definition) is 2. The molecule has 9 heavy (non-hydrogen) atoms. The summed E-state index contributed by atoms with van der Waals surface area (Å²) < 4.78 is 0. The topological polar surface area (TPSA) is 46.2 Å². The summed E-state index contributed by atoms with van der Waals surface area (Å²) in [6.45, 7) is 2.08. The smallest absolute Gasteiger partial charge is 0.0693 e. The molecule has 0 spiro atoms. The zero-order chi connectivity index (χ0) is 6.15. The van der Waals surface area contributed by atoms with E-state index in [2.05, 4.69) is 6.92 Å². The average molecular weight is 152 g/mol. The SMILES string of the molecule is C[C@@H]1CC[C@@H](O)[C@H]1N.Cl. The van der Waals surface area contributed by atoms with Crippen LogP contribution in [0.15, 0.2) is 0 Å². The van der Waals surface area contributed by atoms with Gasteiger partial charge in [0.05, 0.1) is 6.10 Å². The molecule has 1 rings (SSSR count). The second-order valence-electron chi connectivity index (χ2n) is 2.70. The molecule has 0 aromatic rings. The van der Waals surface area contributed by atoms with E-state index in [1.165, 1.54) is 0 Å². The molecule has 1 aliphatic rings. The molecule has 1 saturated carbocycles. The Labute approximate surface area is 61.8 Å². The first-order valence-electron chi connectivity index (χ1n) is 3.15. The highest BCUT2D eigenvalue weighted by molar-refractivity contribution is 5.85. The lowest BCUT2D eigenvalue weighted by Crippen LogP contribution is -2.33. The summed E-state index contributed by atoms with van der Waals surface area (Å²) in [7, 11) is 0. The maximum Gasteiger partial charge on any atom is 0.0693 e. The minimum Gasteiger partial charge on any atom is -0.392 e. The van der Waals surface area contributed by atoms with Gasteiger partial charge in [0.15, 0.2) is 0 Å². The normalized spacial score (nSPS) is 42.3. The summed E-state index contributed by atoms with van der Waals surface area (Å²) in [4.78, 5) is 0. The first-order chi connectivity index (χ1) is 3.72. The van der Waals surface area contributed by atoms with Crippen LogP contribution in [-0.4, -0.2) is 17.3 Å². The molecular formula is C6H14ClNO. The molecule has 0 bridgehead atoms. The van der Waals surface area contributed by atoms with Gasteiger partial charge < -0.3 is 10.8 Å². The fourth-order valence-electron chi connectivity index (χ4n) is 1.20. The van der Waals surface area contributed by atoms with E-state index >= 15 is 0 Å². The summed E-state index contributed by atoms with van der Waals surface area (Å²) in [5.74, 6) is 0.519. The second-order valence-corrected chi connectivity index (χ2v) is 2.70. The molecule has 2 nitrogen and oxygen atoms in total. The molecule has 0 unspecified atom stereocenters. The van der Waals surface area contributed by atoms with Crippen molar-refractivity contribution in [1.29, 1.82) is 0 Å². The van der Waals surface area contributed by atoms with E-state index in [0.717, 1.165) is 12.8 Å². The first-order valence-corrected chi connectivity index (χ1v) is 3.15. The summed E-state index contributed by atoms with van der Waals surface area (Å²) in [5.41, 5.74) is 5.57. The minimum atomic E-state index is -0.231. The van der Waals surface area contributed by atoms with E-state index in [9.17, 15) is 0 Å². The first kappa shape index (κ1) is 9.21. The zero-order valence-corrected chi connectivity index (χ0v) is 6.40. The number of rotatable bonds is 0. The fourth-order valence-corrected chi connectivity index (χ4v) is 1.20. The van der Waals surface area contributed by atoms with Crippen molar-refractivity contribution >= 4 is 12.4 Å². The van der Waals surface area contributed by atoms with Gasteiger partial charge in [0.2, 0.25) is 0 Å². The molecule has 3 N–H and O–H groups in total. The van der Waals surface area contributed by atoms with Crippen LogP contribution >= 0.6 is 12.4 Å². The van der Waals surface area contributed by atoms with Crippen LogP contribution in [0.1, 0.15) is 19.8 Å². The monoisotopic (exact) mass is 151 g/mol. The van der Waals surface area contributed by atoms with Gasteiger partial charge in [0, 0.05) is 6.04 Å². The molecule has 0 aromatic heterocycles. The zero-order valence-electron chi connectivity index (χ0n) is 5.58. The summed E-state index contributed by atoms with van der Waals surface area (Å²) in [6.07, 6.45) is 1.75. The number of nitrogens with two attached hydrogens (primary N) is 1. The van der Waals surface area contributed by atoms with E-state index in [0.29, 0.717) is 5.92 Å². The summed E-state index contributed by atoms with van der Waals surface area (Å²) >= 11 is 0. The van der Waals surface area contributed by atoms with Crippen molar-refractivity contribution in [3.63, 3.8) is 0 Å². The molecule has 1 fully saturated rings. The lowest BCUT2D eigenvalue weighted by Gasteiger charge is -2.11. The third kappa shape index (κ3) is 1.81. The molecule has 0 saturated heterocycles. The van der Waals surface area contributed by atoms with Crippen molar-refractivity contribution in [2.45, 2.75) is 31.9 Å². The van der Waals surface area contributed by atoms with Crippen LogP contribution in [0.2, 0.25) is 0 Å². The Bertz CT molecular complexity index is 79.1. The molecule has 0 amide bonds. The van der Waals surface area contributed by atoms with E-state index in [1.54, 1.807) is 0 Å². The highest BCUT2D eigenvalue weighted by Gasteiger charge is 2.27. The van der Waals surface area contributed by atoms with Crippen molar-refractivity contribution in [3.8, 4) is 0 Å². The summed E-state index contributed by atoms with van der Waals surface area (Å²) in [5, 5.41) is 9.04. The van der Waals surface area contributed by atoms with Crippen LogP contribution < -0.4 is 5.73 Å². The lowest BCUT2D eigenvalue weighted by molar-refractivity contribution is 0.158. The van der Waals surface area contributed by atoms with Gasteiger partial charge >= 0.3 is 0 Å². The van der Waals surface area contributed by atoms with Crippen molar-refractivity contribution in [2.24, 2.45) is 11.7 Å². The van der Waals surface area contributed by atoms with Crippen molar-refractivity contribution < 1.29 is 5.11 Å². The lowest BCUT2D eigenvalue weighted by atomic mass is 10.1. The summed E-state index contributed by atoms with van der Waals surface area (Å²) in [6, 6.07) is 0.0370. The molecule has 3 heteroatoms. The van der Waals surface area contributed by atoms with Gasteiger partial charge in [0.1, 0.15) is 0 Å². The van der Waals surface area contributed by atoms with Crippen LogP contribution in [0.3, 0.4) is 0 Å². The Kier molecular flexibility index (Phi) is 3.48. The molecule has 3 atom stereocenters. The van der Waals surface area contributed by atoms with Gasteiger partial charge in [0.25, 0.3) is 0 Å². The molecule has 0 heterocycles. The Morgan fingerprint density at radius 2 is 2.00 bits per heavy atom. The van der Waals surface area contributed by atoms with E-state index in [-0.39, 0.29) is 24.6 Å². The highest BCUT2D eigenvalue weighted by Crippen LogP contribution is 2.23. The largest absolute Gasteiger partial charge is 0.392 e. The number of halogens is 1. The molecule has 1 aliphatic carbocycles. The van der Waals surface area contributed by atoms with Crippen LogP contribution in [0.5, 0.6) is 0 Å². The van der Waals surface area contributed by atoms with Crippen LogP contribution in [0, 0.1) is 5.92 Å². The van der Waals surface area contributed by atoms with Crippen LogP contribution in [0.25, 0.3) is 0 Å². The standard InChI is InChI=1S/C6H13NO.ClH/c1-4-2-3-5(8)6(4)7;/h4-6,8H,2-3,7H2,1H3;1H/t4-,5-,6+;/m1./s1. The average Bonchev–Trinajstić information content (AvgIpc) is 1.98. The predicted molar refractivity (Wildman–Crippen MR) is 39.6 cm³/mol.